The van der Waals surface area contributed by atoms with E-state index in [1.54, 1.807) is 0 Å². The smallest absolute Gasteiger partial charge is 0.254 e. The number of nitrogens with two attached hydrogens (primary N) is 1. The number of fused-ring (bicyclic) bond motifs is 1. The van der Waals surface area contributed by atoms with E-state index in [1.807, 2.05) is 22.6 Å². The van der Waals surface area contributed by atoms with Gasteiger partial charge in [0.25, 0.3) is 5.91 Å². The fourth-order valence-corrected chi connectivity index (χ4v) is 3.61. The van der Waals surface area contributed by atoms with Crippen LogP contribution in [0.4, 0.5) is 0 Å². The van der Waals surface area contributed by atoms with Gasteiger partial charge in [-0.25, -0.2) is 9.67 Å². The third-order valence-corrected chi connectivity index (χ3v) is 5.03. The van der Waals surface area contributed by atoms with Gasteiger partial charge in [-0.1, -0.05) is 13.8 Å². The van der Waals surface area contributed by atoms with E-state index in [1.165, 1.54) is 0 Å². The lowest BCUT2D eigenvalue weighted by Crippen LogP contribution is -2.45. The number of aryl methyl sites for hydroxylation is 1. The maximum absolute atomic E-state index is 13.4. The first-order chi connectivity index (χ1) is 12.1. The zero-order chi connectivity index (χ0) is 19.2. The molecule has 1 unspecified atom stereocenters. The molecule has 0 radical (unpaired) electrons. The molecule has 1 aliphatic rings. The number of nitrogens with zero attached hydrogens (tertiary/aromatic N) is 4. The summed E-state index contributed by atoms with van der Waals surface area (Å²) in [4.78, 5) is 20.1. The largest absolute Gasteiger partial charge is 0.337 e. The van der Waals surface area contributed by atoms with Gasteiger partial charge in [0.2, 0.25) is 0 Å². The molecule has 3 rings (SSSR count). The van der Waals surface area contributed by atoms with Crippen molar-refractivity contribution in [2.75, 3.05) is 13.1 Å². The Balaban J connectivity index is 2.20. The summed E-state index contributed by atoms with van der Waals surface area (Å²) in [6.07, 6.45) is 1.94. The van der Waals surface area contributed by atoms with Gasteiger partial charge < -0.3 is 10.6 Å². The number of likely N-dealkylation sites (tertiary alicyclic amines) is 1. The molecule has 6 nitrogen and oxygen atoms in total. The van der Waals surface area contributed by atoms with Gasteiger partial charge in [0, 0.05) is 24.8 Å². The Kier molecular flexibility index (Phi) is 4.82. The van der Waals surface area contributed by atoms with E-state index in [9.17, 15) is 4.79 Å². The van der Waals surface area contributed by atoms with Crippen molar-refractivity contribution in [3.63, 3.8) is 0 Å². The van der Waals surface area contributed by atoms with Crippen LogP contribution >= 0.6 is 0 Å². The van der Waals surface area contributed by atoms with Crippen LogP contribution in [0.2, 0.25) is 0 Å². The first-order valence-electron chi connectivity index (χ1n) is 9.55. The predicted octanol–water partition coefficient (Wildman–Crippen LogP) is 3.18. The molecule has 2 aromatic rings. The maximum atomic E-state index is 13.4. The van der Waals surface area contributed by atoms with Crippen LogP contribution < -0.4 is 5.73 Å². The fourth-order valence-electron chi connectivity index (χ4n) is 3.61. The lowest BCUT2D eigenvalue weighted by molar-refractivity contribution is 0.0710. The van der Waals surface area contributed by atoms with Crippen molar-refractivity contribution < 1.29 is 4.79 Å². The molecule has 26 heavy (non-hydrogen) atoms. The molecular formula is C20H31N5O. The van der Waals surface area contributed by atoms with Crippen molar-refractivity contribution in [3.05, 3.63) is 23.0 Å². The van der Waals surface area contributed by atoms with Gasteiger partial charge >= 0.3 is 0 Å². The summed E-state index contributed by atoms with van der Waals surface area (Å²) in [6, 6.07) is 2.02. The molecule has 1 aliphatic heterocycles. The SMILES string of the molecule is Cc1nn(C(C)(C)C)c2nc(C(C)C)cc(C(=O)N3CCCC(N)C3)c12. The minimum atomic E-state index is -0.205. The van der Waals surface area contributed by atoms with Crippen molar-refractivity contribution in [2.45, 2.75) is 71.9 Å². The Morgan fingerprint density at radius 1 is 1.35 bits per heavy atom. The molecule has 6 heteroatoms. The number of rotatable bonds is 2. The molecule has 3 heterocycles. The van der Waals surface area contributed by atoms with Crippen molar-refractivity contribution in [2.24, 2.45) is 5.73 Å². The molecule has 1 atom stereocenters. The van der Waals surface area contributed by atoms with Gasteiger partial charge in [-0.3, -0.25) is 4.79 Å². The molecule has 1 fully saturated rings. The summed E-state index contributed by atoms with van der Waals surface area (Å²) in [5.74, 6) is 0.282. The zero-order valence-corrected chi connectivity index (χ0v) is 16.8. The van der Waals surface area contributed by atoms with E-state index < -0.39 is 0 Å². The molecule has 0 aliphatic carbocycles. The van der Waals surface area contributed by atoms with Crippen molar-refractivity contribution in [1.29, 1.82) is 0 Å². The summed E-state index contributed by atoms with van der Waals surface area (Å²) in [7, 11) is 0. The van der Waals surface area contributed by atoms with Gasteiger partial charge in [-0.2, -0.15) is 5.10 Å². The third-order valence-electron chi connectivity index (χ3n) is 5.03. The van der Waals surface area contributed by atoms with Crippen LogP contribution in [0.1, 0.15) is 75.1 Å². The number of carbonyl (C=O) groups excluding carboxylic acids is 1. The number of aromatic nitrogens is 3. The zero-order valence-electron chi connectivity index (χ0n) is 16.8. The van der Waals surface area contributed by atoms with Crippen LogP contribution in [0.3, 0.4) is 0 Å². The third kappa shape index (κ3) is 3.34. The summed E-state index contributed by atoms with van der Waals surface area (Å²) in [5, 5.41) is 5.59. The normalized spacial score (nSPS) is 18.8. The molecule has 1 saturated heterocycles. The Bertz CT molecular complexity index is 831. The molecule has 2 aromatic heterocycles. The van der Waals surface area contributed by atoms with Crippen LogP contribution in [0.5, 0.6) is 0 Å². The first-order valence-corrected chi connectivity index (χ1v) is 9.55. The van der Waals surface area contributed by atoms with Gasteiger partial charge in [-0.05, 0) is 52.5 Å². The van der Waals surface area contributed by atoms with E-state index in [2.05, 4.69) is 34.6 Å². The summed E-state index contributed by atoms with van der Waals surface area (Å²) in [5.41, 5.74) is 9.17. The number of carbonyl (C=O) groups is 1. The van der Waals surface area contributed by atoms with E-state index in [0.29, 0.717) is 12.1 Å². The molecule has 142 valence electrons. The van der Waals surface area contributed by atoms with Gasteiger partial charge in [0.15, 0.2) is 5.65 Å². The molecule has 0 spiro atoms. The van der Waals surface area contributed by atoms with Gasteiger partial charge in [0.05, 0.1) is 22.2 Å². The minimum absolute atomic E-state index is 0.0472. The predicted molar refractivity (Wildman–Crippen MR) is 104 cm³/mol. The highest BCUT2D eigenvalue weighted by Gasteiger charge is 2.28. The fraction of sp³-hybridized carbons (Fsp3) is 0.650. The van der Waals surface area contributed by atoms with Crippen LogP contribution in [0.15, 0.2) is 6.07 Å². The molecule has 0 saturated carbocycles. The second-order valence-electron chi connectivity index (χ2n) is 8.77. The Morgan fingerprint density at radius 2 is 2.04 bits per heavy atom. The monoisotopic (exact) mass is 357 g/mol. The second-order valence-corrected chi connectivity index (χ2v) is 8.77. The summed E-state index contributed by atoms with van der Waals surface area (Å²) >= 11 is 0. The Labute approximate surface area is 155 Å². The van der Waals surface area contributed by atoms with Crippen molar-refractivity contribution in [1.82, 2.24) is 19.7 Å². The van der Waals surface area contributed by atoms with E-state index in [4.69, 9.17) is 15.8 Å². The van der Waals surface area contributed by atoms with Crippen LogP contribution in [0, 0.1) is 6.92 Å². The molecular weight excluding hydrogens is 326 g/mol. The minimum Gasteiger partial charge on any atom is -0.337 e. The number of hydrogen-bond acceptors (Lipinski definition) is 4. The standard InChI is InChI=1S/C20H31N5O/c1-12(2)16-10-15(19(26)24-9-7-8-14(21)11-24)17-13(3)23-25(18(17)22-16)20(4,5)6/h10,12,14H,7-9,11,21H2,1-6H3. The first kappa shape index (κ1) is 18.8. The van der Waals surface area contributed by atoms with Crippen molar-refractivity contribution in [3.8, 4) is 0 Å². The van der Waals surface area contributed by atoms with Gasteiger partial charge in [0.1, 0.15) is 0 Å². The molecule has 1 amide bonds. The highest BCUT2D eigenvalue weighted by atomic mass is 16.2. The quantitative estimate of drug-likeness (QED) is 0.895. The topological polar surface area (TPSA) is 77.0 Å². The highest BCUT2D eigenvalue weighted by Crippen LogP contribution is 2.30. The Hall–Kier alpha value is -1.95. The highest BCUT2D eigenvalue weighted by molar-refractivity contribution is 6.06. The van der Waals surface area contributed by atoms with Crippen LogP contribution in [0.25, 0.3) is 11.0 Å². The number of pyridine rings is 1. The second kappa shape index (κ2) is 6.65. The number of amides is 1. The van der Waals surface area contributed by atoms with E-state index >= 15 is 0 Å². The van der Waals surface area contributed by atoms with E-state index in [0.717, 1.165) is 41.8 Å². The van der Waals surface area contributed by atoms with Crippen LogP contribution in [-0.2, 0) is 5.54 Å². The summed E-state index contributed by atoms with van der Waals surface area (Å²) < 4.78 is 1.95. The van der Waals surface area contributed by atoms with Crippen LogP contribution in [-0.4, -0.2) is 44.7 Å². The van der Waals surface area contributed by atoms with Crippen molar-refractivity contribution >= 4 is 16.9 Å². The number of hydrogen-bond donors (Lipinski definition) is 1. The molecule has 0 aromatic carbocycles. The average Bonchev–Trinajstić information content (AvgIpc) is 2.90. The molecule has 2 N–H and O–H groups in total. The summed E-state index contributed by atoms with van der Waals surface area (Å²) in [6.45, 7) is 13.9. The lowest BCUT2D eigenvalue weighted by Gasteiger charge is -2.31. The Morgan fingerprint density at radius 3 is 2.62 bits per heavy atom. The average molecular weight is 358 g/mol. The van der Waals surface area contributed by atoms with Gasteiger partial charge in [-0.15, -0.1) is 0 Å². The van der Waals surface area contributed by atoms with E-state index in [-0.39, 0.29) is 23.4 Å². The number of piperidine rings is 1. The lowest BCUT2D eigenvalue weighted by atomic mass is 10.0. The maximum Gasteiger partial charge on any atom is 0.254 e. The molecule has 0 bridgehead atoms.